The van der Waals surface area contributed by atoms with E-state index in [9.17, 15) is 17.6 Å². The second kappa shape index (κ2) is 9.99. The molecule has 1 fully saturated rings. The van der Waals surface area contributed by atoms with Gasteiger partial charge in [0.1, 0.15) is 5.82 Å². The Balaban J connectivity index is 1.37. The predicted molar refractivity (Wildman–Crippen MR) is 129 cm³/mol. The fourth-order valence-electron chi connectivity index (χ4n) is 4.62. The molecule has 178 valence electrons. The minimum absolute atomic E-state index is 0.109. The molecule has 9 heteroatoms. The van der Waals surface area contributed by atoms with Crippen LogP contribution in [0.4, 0.5) is 10.1 Å². The smallest absolute Gasteiger partial charge is 0.251 e. The molecule has 0 bridgehead atoms. The molecular weight excluding hydrogens is 465 g/mol. The van der Waals surface area contributed by atoms with E-state index in [-0.39, 0.29) is 17.6 Å². The number of hydrogen-bond acceptors (Lipinski definition) is 4. The monoisotopic (exact) mass is 493 g/mol. The third-order valence-electron chi connectivity index (χ3n) is 6.53. The van der Waals surface area contributed by atoms with E-state index in [4.69, 9.17) is 11.6 Å². The van der Waals surface area contributed by atoms with Crippen LogP contribution in [0.3, 0.4) is 0 Å². The van der Waals surface area contributed by atoms with Crippen molar-refractivity contribution in [2.45, 2.75) is 32.2 Å². The van der Waals surface area contributed by atoms with Crippen molar-refractivity contribution in [2.24, 2.45) is 5.92 Å². The summed E-state index contributed by atoms with van der Waals surface area (Å²) in [5.41, 5.74) is 3.69. The Hall–Kier alpha value is -2.16. The van der Waals surface area contributed by atoms with Crippen LogP contribution in [0.2, 0.25) is 5.02 Å². The van der Waals surface area contributed by atoms with Crippen LogP contribution in [-0.4, -0.2) is 51.1 Å². The highest BCUT2D eigenvalue weighted by atomic mass is 35.5. The van der Waals surface area contributed by atoms with Crippen LogP contribution in [0, 0.1) is 11.7 Å². The van der Waals surface area contributed by atoms with Crippen LogP contribution in [0.1, 0.15) is 40.7 Å². The Kier molecular flexibility index (Phi) is 7.26. The van der Waals surface area contributed by atoms with Crippen LogP contribution >= 0.6 is 11.6 Å². The molecule has 1 amide bonds. The minimum Gasteiger partial charge on any atom is -0.367 e. The predicted octanol–water partition coefficient (Wildman–Crippen LogP) is 3.83. The topological polar surface area (TPSA) is 69.7 Å². The summed E-state index contributed by atoms with van der Waals surface area (Å²) in [7, 11) is -3.14. The van der Waals surface area contributed by atoms with E-state index in [2.05, 4.69) is 10.2 Å². The first kappa shape index (κ1) is 24.0. The molecule has 0 radical (unpaired) electrons. The first-order valence-corrected chi connectivity index (χ1v) is 13.5. The van der Waals surface area contributed by atoms with E-state index in [1.807, 2.05) is 18.2 Å². The molecule has 2 aliphatic rings. The molecule has 1 saturated heterocycles. The second-order valence-corrected chi connectivity index (χ2v) is 11.3. The van der Waals surface area contributed by atoms with Crippen molar-refractivity contribution in [1.29, 1.82) is 0 Å². The lowest BCUT2D eigenvalue weighted by atomic mass is 9.97. The number of hydrogen-bond donors (Lipinski definition) is 1. The summed E-state index contributed by atoms with van der Waals surface area (Å²) in [5.74, 6) is -0.179. The number of carbonyl (C=O) groups is 1. The zero-order valence-corrected chi connectivity index (χ0v) is 20.3. The maximum atomic E-state index is 13.4. The Morgan fingerprint density at radius 1 is 1.15 bits per heavy atom. The molecule has 0 saturated carbocycles. The molecule has 0 aromatic heterocycles. The Morgan fingerprint density at radius 3 is 2.61 bits per heavy atom. The van der Waals surface area contributed by atoms with Gasteiger partial charge in [0, 0.05) is 49.0 Å². The number of anilines is 1. The molecule has 0 spiro atoms. The van der Waals surface area contributed by atoms with Gasteiger partial charge in [-0.15, -0.1) is 0 Å². The number of carbonyl (C=O) groups excluding carboxylic acids is 1. The quantitative estimate of drug-likeness (QED) is 0.664. The fourth-order valence-corrected chi connectivity index (χ4v) is 5.72. The minimum atomic E-state index is -3.14. The van der Waals surface area contributed by atoms with E-state index in [1.54, 1.807) is 6.07 Å². The largest absolute Gasteiger partial charge is 0.367 e. The molecule has 2 aliphatic heterocycles. The van der Waals surface area contributed by atoms with Crippen LogP contribution in [0.15, 0.2) is 36.4 Å². The van der Waals surface area contributed by atoms with Gasteiger partial charge in [0.15, 0.2) is 0 Å². The number of aryl methyl sites for hydroxylation is 1. The van der Waals surface area contributed by atoms with Gasteiger partial charge in [0.25, 0.3) is 5.91 Å². The maximum absolute atomic E-state index is 13.4. The van der Waals surface area contributed by atoms with Gasteiger partial charge >= 0.3 is 0 Å². The molecule has 0 atom stereocenters. The summed E-state index contributed by atoms with van der Waals surface area (Å²) < 4.78 is 38.2. The van der Waals surface area contributed by atoms with Gasteiger partial charge in [0.05, 0.1) is 6.26 Å². The summed E-state index contributed by atoms with van der Waals surface area (Å²) in [5, 5.41) is 3.44. The van der Waals surface area contributed by atoms with Gasteiger partial charge in [-0.1, -0.05) is 17.7 Å². The average Bonchev–Trinajstić information content (AvgIpc) is 2.79. The summed E-state index contributed by atoms with van der Waals surface area (Å²) >= 11 is 6.22. The summed E-state index contributed by atoms with van der Waals surface area (Å²) in [6, 6.07) is 10.2. The zero-order chi connectivity index (χ0) is 23.6. The molecule has 2 aromatic rings. The normalized spacial score (nSPS) is 17.6. The van der Waals surface area contributed by atoms with Crippen LogP contribution < -0.4 is 10.2 Å². The molecule has 1 N–H and O–H groups in total. The van der Waals surface area contributed by atoms with Crippen molar-refractivity contribution in [3.05, 3.63) is 63.9 Å². The number of sulfonamides is 1. The van der Waals surface area contributed by atoms with E-state index in [0.717, 1.165) is 49.0 Å². The van der Waals surface area contributed by atoms with Crippen molar-refractivity contribution >= 4 is 33.2 Å². The lowest BCUT2D eigenvalue weighted by Crippen LogP contribution is -2.41. The molecule has 0 unspecified atom stereocenters. The summed E-state index contributed by atoms with van der Waals surface area (Å²) in [6.07, 6.45) is 4.60. The highest BCUT2D eigenvalue weighted by molar-refractivity contribution is 7.88. The molecule has 0 aliphatic carbocycles. The average molecular weight is 494 g/mol. The molecule has 2 heterocycles. The SMILES string of the molecule is CS(=O)(=O)N1CCC(CNC(=O)c2ccc3c(c2)CCCN3Cc2ccc(F)cc2Cl)CC1. The zero-order valence-electron chi connectivity index (χ0n) is 18.7. The second-order valence-electron chi connectivity index (χ2n) is 8.92. The van der Waals surface area contributed by atoms with E-state index in [1.165, 1.54) is 22.7 Å². The van der Waals surface area contributed by atoms with Crippen molar-refractivity contribution in [1.82, 2.24) is 9.62 Å². The van der Waals surface area contributed by atoms with E-state index < -0.39 is 10.0 Å². The van der Waals surface area contributed by atoms with Crippen LogP contribution in [0.25, 0.3) is 0 Å². The maximum Gasteiger partial charge on any atom is 0.251 e. The number of fused-ring (bicyclic) bond motifs is 1. The van der Waals surface area contributed by atoms with Gasteiger partial charge < -0.3 is 10.2 Å². The summed E-state index contributed by atoms with van der Waals surface area (Å²) in [6.45, 7) is 3.02. The number of benzene rings is 2. The number of halogens is 2. The Bertz CT molecular complexity index is 1130. The van der Waals surface area contributed by atoms with Gasteiger partial charge in [0.2, 0.25) is 10.0 Å². The fraction of sp³-hybridized carbons (Fsp3) is 0.458. The number of piperidine rings is 1. The number of nitrogens with one attached hydrogen (secondary N) is 1. The van der Waals surface area contributed by atoms with Crippen molar-refractivity contribution < 1.29 is 17.6 Å². The molecule has 6 nitrogen and oxygen atoms in total. The number of amides is 1. The first-order chi connectivity index (χ1) is 15.7. The van der Waals surface area contributed by atoms with Gasteiger partial charge in [-0.3, -0.25) is 4.79 Å². The van der Waals surface area contributed by atoms with Gasteiger partial charge in [-0.05, 0) is 73.1 Å². The highest BCUT2D eigenvalue weighted by Gasteiger charge is 2.25. The molecule has 4 rings (SSSR count). The van der Waals surface area contributed by atoms with Crippen molar-refractivity contribution in [3.8, 4) is 0 Å². The third kappa shape index (κ3) is 5.86. The molecule has 33 heavy (non-hydrogen) atoms. The number of nitrogens with zero attached hydrogens (tertiary/aromatic N) is 2. The van der Waals surface area contributed by atoms with Gasteiger partial charge in [-0.25, -0.2) is 17.1 Å². The highest BCUT2D eigenvalue weighted by Crippen LogP contribution is 2.31. The van der Waals surface area contributed by atoms with Crippen LogP contribution in [0.5, 0.6) is 0 Å². The van der Waals surface area contributed by atoms with E-state index in [0.29, 0.717) is 36.8 Å². The lowest BCUT2D eigenvalue weighted by Gasteiger charge is -2.32. The lowest BCUT2D eigenvalue weighted by molar-refractivity contribution is 0.0941. The molecular formula is C24H29ClFN3O3S. The molecule has 2 aromatic carbocycles. The third-order valence-corrected chi connectivity index (χ3v) is 8.18. The standard InChI is InChI=1S/C24H29ClFN3O3S/c1-33(31,32)29-11-8-17(9-12-29)15-27-24(30)19-5-7-23-18(13-19)3-2-10-28(23)16-20-4-6-21(26)14-22(20)25/h4-7,13-14,17H,2-3,8-12,15-16H2,1H3,(H,27,30). The first-order valence-electron chi connectivity index (χ1n) is 11.3. The number of rotatable bonds is 6. The Morgan fingerprint density at radius 2 is 1.91 bits per heavy atom. The summed E-state index contributed by atoms with van der Waals surface area (Å²) in [4.78, 5) is 15.0. The van der Waals surface area contributed by atoms with Gasteiger partial charge in [-0.2, -0.15) is 0 Å². The Labute approximate surface area is 199 Å². The van der Waals surface area contributed by atoms with Crippen molar-refractivity contribution in [3.63, 3.8) is 0 Å². The van der Waals surface area contributed by atoms with Crippen LogP contribution in [-0.2, 0) is 23.0 Å². The van der Waals surface area contributed by atoms with E-state index >= 15 is 0 Å². The van der Waals surface area contributed by atoms with Crippen molar-refractivity contribution in [2.75, 3.05) is 37.3 Å².